The van der Waals surface area contributed by atoms with Gasteiger partial charge in [0.25, 0.3) is 0 Å². The summed E-state index contributed by atoms with van der Waals surface area (Å²) in [6.45, 7) is 4.32. The van der Waals surface area contributed by atoms with Gasteiger partial charge in [-0.3, -0.25) is 0 Å². The van der Waals surface area contributed by atoms with Gasteiger partial charge in [-0.2, -0.15) is 0 Å². The van der Waals surface area contributed by atoms with E-state index in [1.54, 1.807) is 0 Å². The molecule has 0 aliphatic carbocycles. The van der Waals surface area contributed by atoms with E-state index in [1.807, 2.05) is 50.3 Å². The summed E-state index contributed by atoms with van der Waals surface area (Å²) in [5.74, 6) is -0.00352. The topological polar surface area (TPSA) is 26.3 Å². The molecule has 16 heavy (non-hydrogen) atoms. The van der Waals surface area contributed by atoms with Crippen molar-refractivity contribution in [1.29, 1.82) is 0 Å². The molecule has 0 saturated carbocycles. The van der Waals surface area contributed by atoms with Crippen LogP contribution in [0, 0.1) is 5.92 Å². The lowest BCUT2D eigenvalue weighted by Gasteiger charge is -2.04. The van der Waals surface area contributed by atoms with Gasteiger partial charge in [-0.25, -0.2) is 4.79 Å². The summed E-state index contributed by atoms with van der Waals surface area (Å²) in [6.07, 6.45) is 1.83. The van der Waals surface area contributed by atoms with Gasteiger partial charge in [0, 0.05) is 0 Å². The van der Waals surface area contributed by atoms with Crippen LogP contribution >= 0.6 is 15.9 Å². The van der Waals surface area contributed by atoms with Crippen LogP contribution in [0.4, 0.5) is 0 Å². The summed E-state index contributed by atoms with van der Waals surface area (Å²) < 4.78 is 5.62. The summed E-state index contributed by atoms with van der Waals surface area (Å²) in [4.78, 5) is 11.5. The number of carbonyl (C=O) groups excluding carboxylic acids is 1. The van der Waals surface area contributed by atoms with E-state index in [-0.39, 0.29) is 5.97 Å². The minimum atomic E-state index is -0.322. The van der Waals surface area contributed by atoms with Crippen LogP contribution < -0.4 is 0 Å². The third kappa shape index (κ3) is 4.62. The summed E-state index contributed by atoms with van der Waals surface area (Å²) >= 11 is 3.20. The molecule has 0 aromatic heterocycles. The molecule has 0 N–H and O–H groups in total. The van der Waals surface area contributed by atoms with Crippen LogP contribution in [0.5, 0.6) is 0 Å². The first kappa shape index (κ1) is 13.0. The van der Waals surface area contributed by atoms with E-state index in [0.717, 1.165) is 5.56 Å². The zero-order valence-corrected chi connectivity index (χ0v) is 11.0. The smallest absolute Gasteiger partial charge is 0.345 e. The van der Waals surface area contributed by atoms with Gasteiger partial charge in [-0.05, 0) is 27.4 Å². The fraction of sp³-hybridized carbons (Fsp3) is 0.308. The lowest BCUT2D eigenvalue weighted by Crippen LogP contribution is -2.05. The molecule has 0 aliphatic heterocycles. The van der Waals surface area contributed by atoms with Crippen LogP contribution in [0.25, 0.3) is 0 Å². The van der Waals surface area contributed by atoms with Crippen molar-refractivity contribution in [2.24, 2.45) is 5.92 Å². The van der Waals surface area contributed by atoms with Gasteiger partial charge >= 0.3 is 5.97 Å². The van der Waals surface area contributed by atoms with Gasteiger partial charge in [0.2, 0.25) is 0 Å². The van der Waals surface area contributed by atoms with Gasteiger partial charge in [-0.15, -0.1) is 0 Å². The van der Waals surface area contributed by atoms with E-state index in [9.17, 15) is 4.79 Å². The number of hydrogen-bond acceptors (Lipinski definition) is 2. The van der Waals surface area contributed by atoms with Crippen LogP contribution in [0.1, 0.15) is 19.4 Å². The largest absolute Gasteiger partial charge is 0.457 e. The molecule has 1 rings (SSSR count). The summed E-state index contributed by atoms with van der Waals surface area (Å²) in [7, 11) is 0. The molecule has 0 saturated heterocycles. The maximum absolute atomic E-state index is 11.5. The highest BCUT2D eigenvalue weighted by atomic mass is 79.9. The minimum Gasteiger partial charge on any atom is -0.457 e. The molecule has 1 aromatic carbocycles. The summed E-state index contributed by atoms with van der Waals surface area (Å²) in [5.41, 5.74) is 0.987. The molecule has 0 aliphatic rings. The fourth-order valence-electron chi connectivity index (χ4n) is 1.15. The molecule has 0 unspecified atom stereocenters. The van der Waals surface area contributed by atoms with E-state index in [2.05, 4.69) is 15.9 Å². The van der Waals surface area contributed by atoms with Crippen LogP contribution in [0.3, 0.4) is 0 Å². The molecule has 0 bridgehead atoms. The van der Waals surface area contributed by atoms with Gasteiger partial charge in [0.15, 0.2) is 0 Å². The van der Waals surface area contributed by atoms with Crippen molar-refractivity contribution in [3.8, 4) is 0 Å². The van der Waals surface area contributed by atoms with Crippen LogP contribution in [0.2, 0.25) is 0 Å². The quantitative estimate of drug-likeness (QED) is 0.622. The Kier molecular flexibility index (Phi) is 5.26. The maximum atomic E-state index is 11.5. The third-order valence-electron chi connectivity index (χ3n) is 1.89. The number of halogens is 1. The molecule has 0 fully saturated rings. The van der Waals surface area contributed by atoms with Gasteiger partial charge in [0.05, 0.1) is 4.48 Å². The third-order valence-corrected chi connectivity index (χ3v) is 2.48. The zero-order valence-electron chi connectivity index (χ0n) is 9.44. The summed E-state index contributed by atoms with van der Waals surface area (Å²) in [5, 5.41) is 0. The molecular formula is C13H15BrO2. The second-order valence-corrected chi connectivity index (χ2v) is 4.67. The van der Waals surface area contributed by atoms with E-state index >= 15 is 0 Å². The molecular weight excluding hydrogens is 268 g/mol. The highest BCUT2D eigenvalue weighted by Gasteiger charge is 2.08. The van der Waals surface area contributed by atoms with Gasteiger partial charge in [-0.1, -0.05) is 50.3 Å². The minimum absolute atomic E-state index is 0.306. The summed E-state index contributed by atoms with van der Waals surface area (Å²) in [6, 6.07) is 9.62. The molecule has 0 radical (unpaired) electrons. The number of esters is 1. The van der Waals surface area contributed by atoms with E-state index in [4.69, 9.17) is 4.74 Å². The van der Waals surface area contributed by atoms with Crippen molar-refractivity contribution in [2.45, 2.75) is 20.5 Å². The molecule has 0 heterocycles. The first-order valence-corrected chi connectivity index (χ1v) is 5.97. The van der Waals surface area contributed by atoms with E-state index in [0.29, 0.717) is 17.0 Å². The monoisotopic (exact) mass is 282 g/mol. The van der Waals surface area contributed by atoms with Crippen LogP contribution in [0.15, 0.2) is 40.9 Å². The number of rotatable bonds is 4. The predicted molar refractivity (Wildman–Crippen MR) is 68.1 cm³/mol. The van der Waals surface area contributed by atoms with Crippen LogP contribution in [-0.2, 0) is 16.1 Å². The molecule has 0 amide bonds. The Balaban J connectivity index is 2.48. The van der Waals surface area contributed by atoms with Crippen molar-refractivity contribution in [3.05, 3.63) is 46.5 Å². The average molecular weight is 283 g/mol. The van der Waals surface area contributed by atoms with Crippen molar-refractivity contribution < 1.29 is 9.53 Å². The Morgan fingerprint density at radius 1 is 1.38 bits per heavy atom. The van der Waals surface area contributed by atoms with E-state index in [1.165, 1.54) is 0 Å². The number of ether oxygens (including phenoxy) is 1. The second-order valence-electron chi connectivity index (χ2n) is 3.82. The second kappa shape index (κ2) is 6.48. The Morgan fingerprint density at radius 2 is 2.00 bits per heavy atom. The predicted octanol–water partition coefficient (Wildman–Crippen LogP) is 3.66. The Bertz CT molecular complexity index is 369. The van der Waals surface area contributed by atoms with Gasteiger partial charge in [0.1, 0.15) is 6.61 Å². The Labute approximate surface area is 104 Å². The van der Waals surface area contributed by atoms with Crippen molar-refractivity contribution in [2.75, 3.05) is 0 Å². The molecule has 86 valence electrons. The Morgan fingerprint density at radius 3 is 2.56 bits per heavy atom. The number of allylic oxidation sites excluding steroid dienone is 1. The number of benzene rings is 1. The standard InChI is InChI=1S/C13H15BrO2/c1-10(2)8-12(14)13(15)16-9-11-6-4-3-5-7-11/h3-8,10H,9H2,1-2H3. The lowest BCUT2D eigenvalue weighted by atomic mass is 10.2. The number of hydrogen-bond donors (Lipinski definition) is 0. The first-order valence-electron chi connectivity index (χ1n) is 5.18. The average Bonchev–Trinajstić information content (AvgIpc) is 2.26. The number of carbonyl (C=O) groups is 1. The van der Waals surface area contributed by atoms with Crippen molar-refractivity contribution in [3.63, 3.8) is 0 Å². The van der Waals surface area contributed by atoms with Crippen molar-refractivity contribution in [1.82, 2.24) is 0 Å². The zero-order chi connectivity index (χ0) is 12.0. The highest BCUT2D eigenvalue weighted by molar-refractivity contribution is 9.12. The molecule has 2 nitrogen and oxygen atoms in total. The fourth-order valence-corrected chi connectivity index (χ4v) is 1.80. The SMILES string of the molecule is CC(C)C=C(Br)C(=O)OCc1ccccc1. The molecule has 1 aromatic rings. The van der Waals surface area contributed by atoms with Crippen LogP contribution in [-0.4, -0.2) is 5.97 Å². The molecule has 0 atom stereocenters. The molecule has 3 heteroatoms. The first-order chi connectivity index (χ1) is 7.59. The normalized spacial score (nSPS) is 11.6. The van der Waals surface area contributed by atoms with E-state index < -0.39 is 0 Å². The maximum Gasteiger partial charge on any atom is 0.345 e. The Hall–Kier alpha value is -1.09. The molecule has 0 spiro atoms. The van der Waals surface area contributed by atoms with Gasteiger partial charge < -0.3 is 4.74 Å². The highest BCUT2D eigenvalue weighted by Crippen LogP contribution is 2.12. The van der Waals surface area contributed by atoms with Crippen molar-refractivity contribution >= 4 is 21.9 Å². The lowest BCUT2D eigenvalue weighted by molar-refractivity contribution is -0.139.